The second kappa shape index (κ2) is 6.59. The summed E-state index contributed by atoms with van der Waals surface area (Å²) in [5.74, 6) is 0. The van der Waals surface area contributed by atoms with Crippen LogP contribution in [0.25, 0.3) is 0 Å². The van der Waals surface area contributed by atoms with Gasteiger partial charge in [0.25, 0.3) is 0 Å². The van der Waals surface area contributed by atoms with Crippen molar-refractivity contribution in [1.29, 1.82) is 0 Å². The molecule has 0 aromatic heterocycles. The third-order valence-corrected chi connectivity index (χ3v) is 1.25. The van der Waals surface area contributed by atoms with Gasteiger partial charge in [0.15, 0.2) is 0 Å². The number of hydrazone groups is 1. The van der Waals surface area contributed by atoms with Crippen molar-refractivity contribution in [3.8, 4) is 0 Å². The summed E-state index contributed by atoms with van der Waals surface area (Å²) in [5.41, 5.74) is 0. The molecule has 0 aliphatic heterocycles. The minimum Gasteiger partial charge on any atom is -0.303 e. The van der Waals surface area contributed by atoms with Crippen molar-refractivity contribution in [2.75, 3.05) is 14.1 Å². The summed E-state index contributed by atoms with van der Waals surface area (Å²) in [4.78, 5) is 0. The Labute approximate surface area is 63.9 Å². The minimum absolute atomic E-state index is 1.12. The zero-order valence-electron chi connectivity index (χ0n) is 7.30. The van der Waals surface area contributed by atoms with Gasteiger partial charge in [-0.2, -0.15) is 5.10 Å². The van der Waals surface area contributed by atoms with Gasteiger partial charge in [-0.1, -0.05) is 19.8 Å². The molecule has 0 fully saturated rings. The highest BCUT2D eigenvalue weighted by molar-refractivity contribution is 5.56. The van der Waals surface area contributed by atoms with Crippen molar-refractivity contribution in [3.05, 3.63) is 0 Å². The molecule has 0 aliphatic rings. The lowest BCUT2D eigenvalue weighted by molar-refractivity contribution is 0.438. The van der Waals surface area contributed by atoms with Crippen LogP contribution in [-0.4, -0.2) is 25.3 Å². The van der Waals surface area contributed by atoms with E-state index in [9.17, 15) is 0 Å². The Bertz CT molecular complexity index is 87.3. The Morgan fingerprint density at radius 1 is 1.30 bits per heavy atom. The van der Waals surface area contributed by atoms with Gasteiger partial charge in [0.05, 0.1) is 0 Å². The van der Waals surface area contributed by atoms with E-state index in [-0.39, 0.29) is 0 Å². The van der Waals surface area contributed by atoms with E-state index >= 15 is 0 Å². The van der Waals surface area contributed by atoms with Crippen LogP contribution in [0.2, 0.25) is 0 Å². The molecular weight excluding hydrogens is 124 g/mol. The first kappa shape index (κ1) is 9.47. The number of nitrogens with zero attached hydrogens (tertiary/aromatic N) is 2. The van der Waals surface area contributed by atoms with Gasteiger partial charge in [0, 0.05) is 20.3 Å². The quantitative estimate of drug-likeness (QED) is 0.326. The fourth-order valence-electron chi connectivity index (χ4n) is 0.707. The lowest BCUT2D eigenvalue weighted by Gasteiger charge is -2.01. The summed E-state index contributed by atoms with van der Waals surface area (Å²) in [6, 6.07) is 0. The van der Waals surface area contributed by atoms with Crippen molar-refractivity contribution in [3.63, 3.8) is 0 Å². The molecule has 0 amide bonds. The number of rotatable bonds is 5. The van der Waals surface area contributed by atoms with E-state index < -0.39 is 0 Å². The second-order valence-electron chi connectivity index (χ2n) is 2.64. The van der Waals surface area contributed by atoms with E-state index in [1.807, 2.05) is 25.3 Å². The maximum Gasteiger partial charge on any atom is 0.0244 e. The second-order valence-corrected chi connectivity index (χ2v) is 2.64. The van der Waals surface area contributed by atoms with E-state index in [1.54, 1.807) is 0 Å². The van der Waals surface area contributed by atoms with E-state index in [0.29, 0.717) is 0 Å². The van der Waals surface area contributed by atoms with Gasteiger partial charge in [-0.3, -0.25) is 0 Å². The van der Waals surface area contributed by atoms with Crippen LogP contribution < -0.4 is 0 Å². The fraction of sp³-hybridized carbons (Fsp3) is 0.875. The molecule has 0 bridgehead atoms. The molecule has 0 radical (unpaired) electrons. The van der Waals surface area contributed by atoms with E-state index in [0.717, 1.165) is 6.42 Å². The topological polar surface area (TPSA) is 15.6 Å². The van der Waals surface area contributed by atoms with E-state index in [2.05, 4.69) is 12.0 Å². The SMILES string of the molecule is CCCCC/C=N\N(C)C. The molecule has 0 rings (SSSR count). The zero-order valence-corrected chi connectivity index (χ0v) is 7.30. The average Bonchev–Trinajstić information content (AvgIpc) is 1.87. The highest BCUT2D eigenvalue weighted by Gasteiger charge is 1.81. The van der Waals surface area contributed by atoms with E-state index in [4.69, 9.17) is 0 Å². The van der Waals surface area contributed by atoms with Gasteiger partial charge in [0.2, 0.25) is 0 Å². The molecule has 0 saturated heterocycles. The third-order valence-electron chi connectivity index (χ3n) is 1.25. The van der Waals surface area contributed by atoms with Gasteiger partial charge in [-0.25, -0.2) is 0 Å². The average molecular weight is 142 g/mol. The maximum atomic E-state index is 4.10. The smallest absolute Gasteiger partial charge is 0.0244 e. The Hall–Kier alpha value is -0.530. The first-order valence-corrected chi connectivity index (χ1v) is 3.97. The Kier molecular flexibility index (Phi) is 6.24. The van der Waals surface area contributed by atoms with Crippen LogP contribution in [0.1, 0.15) is 32.6 Å². The zero-order chi connectivity index (χ0) is 7.82. The van der Waals surface area contributed by atoms with Gasteiger partial charge in [-0.05, 0) is 12.8 Å². The van der Waals surface area contributed by atoms with Crippen LogP contribution in [0.3, 0.4) is 0 Å². The van der Waals surface area contributed by atoms with Crippen molar-refractivity contribution in [1.82, 2.24) is 5.01 Å². The van der Waals surface area contributed by atoms with Gasteiger partial charge in [0.1, 0.15) is 0 Å². The van der Waals surface area contributed by atoms with Crippen molar-refractivity contribution < 1.29 is 0 Å². The van der Waals surface area contributed by atoms with E-state index in [1.165, 1.54) is 19.3 Å². The van der Waals surface area contributed by atoms with Crippen molar-refractivity contribution >= 4 is 6.21 Å². The number of unbranched alkanes of at least 4 members (excludes halogenated alkanes) is 3. The molecule has 0 unspecified atom stereocenters. The Morgan fingerprint density at radius 2 is 2.00 bits per heavy atom. The molecule has 0 saturated carbocycles. The lowest BCUT2D eigenvalue weighted by atomic mass is 10.2. The van der Waals surface area contributed by atoms with Crippen LogP contribution in [-0.2, 0) is 0 Å². The lowest BCUT2D eigenvalue weighted by Crippen LogP contribution is -2.01. The molecule has 60 valence electrons. The first-order chi connectivity index (χ1) is 4.77. The fourth-order valence-corrected chi connectivity index (χ4v) is 0.707. The first-order valence-electron chi connectivity index (χ1n) is 3.97. The highest BCUT2D eigenvalue weighted by Crippen LogP contribution is 1.95. The van der Waals surface area contributed by atoms with Crippen LogP contribution in [0, 0.1) is 0 Å². The minimum atomic E-state index is 1.12. The van der Waals surface area contributed by atoms with Gasteiger partial charge in [-0.15, -0.1) is 0 Å². The maximum absolute atomic E-state index is 4.10. The highest BCUT2D eigenvalue weighted by atomic mass is 15.4. The molecule has 0 aliphatic carbocycles. The van der Waals surface area contributed by atoms with Crippen LogP contribution in [0.5, 0.6) is 0 Å². The Morgan fingerprint density at radius 3 is 2.50 bits per heavy atom. The molecule has 0 atom stereocenters. The van der Waals surface area contributed by atoms with Gasteiger partial charge >= 0.3 is 0 Å². The summed E-state index contributed by atoms with van der Waals surface area (Å²) in [6.07, 6.45) is 6.98. The largest absolute Gasteiger partial charge is 0.303 e. The van der Waals surface area contributed by atoms with Crippen molar-refractivity contribution in [2.45, 2.75) is 32.6 Å². The monoisotopic (exact) mass is 142 g/mol. The molecular formula is C8H18N2. The Balaban J connectivity index is 3.02. The standard InChI is InChI=1S/C8H18N2/c1-4-5-6-7-8-9-10(2)3/h8H,4-7H2,1-3H3/b9-8-. The predicted molar refractivity (Wildman–Crippen MR) is 46.3 cm³/mol. The summed E-state index contributed by atoms with van der Waals surface area (Å²) in [5, 5.41) is 5.93. The van der Waals surface area contributed by atoms with Crippen LogP contribution >= 0.6 is 0 Å². The summed E-state index contributed by atoms with van der Waals surface area (Å²) in [7, 11) is 3.88. The predicted octanol–water partition coefficient (Wildman–Crippen LogP) is 2.11. The van der Waals surface area contributed by atoms with Crippen molar-refractivity contribution in [2.24, 2.45) is 5.10 Å². The molecule has 0 heterocycles. The summed E-state index contributed by atoms with van der Waals surface area (Å²) in [6.45, 7) is 2.21. The molecule has 0 aromatic rings. The van der Waals surface area contributed by atoms with Gasteiger partial charge < -0.3 is 5.01 Å². The number of hydrogen-bond donors (Lipinski definition) is 0. The summed E-state index contributed by atoms with van der Waals surface area (Å²) >= 11 is 0. The third kappa shape index (κ3) is 7.47. The number of hydrogen-bond acceptors (Lipinski definition) is 2. The molecule has 10 heavy (non-hydrogen) atoms. The normalized spacial score (nSPS) is 10.7. The molecule has 2 nitrogen and oxygen atoms in total. The molecule has 0 spiro atoms. The van der Waals surface area contributed by atoms with Crippen LogP contribution in [0.4, 0.5) is 0 Å². The van der Waals surface area contributed by atoms with Crippen LogP contribution in [0.15, 0.2) is 5.10 Å². The molecule has 2 heteroatoms. The molecule has 0 aromatic carbocycles. The molecule has 0 N–H and O–H groups in total. The summed E-state index contributed by atoms with van der Waals surface area (Å²) < 4.78 is 0.